The molecule has 0 saturated heterocycles. The van der Waals surface area contributed by atoms with E-state index in [0.717, 1.165) is 5.69 Å². The van der Waals surface area contributed by atoms with Crippen LogP contribution in [-0.2, 0) is 9.59 Å². The van der Waals surface area contributed by atoms with Gasteiger partial charge in [0.2, 0.25) is 5.91 Å². The van der Waals surface area contributed by atoms with Crippen molar-refractivity contribution in [2.75, 3.05) is 24.3 Å². The first kappa shape index (κ1) is 15.9. The molecule has 3 rings (SSSR count). The van der Waals surface area contributed by atoms with Crippen LogP contribution < -0.4 is 20.1 Å². The largest absolute Gasteiger partial charge is 0.497 e. The zero-order valence-corrected chi connectivity index (χ0v) is 13.2. The zero-order valence-electron chi connectivity index (χ0n) is 13.2. The fraction of sp³-hybridized carbons (Fsp3) is 0.222. The second kappa shape index (κ2) is 7.04. The van der Waals surface area contributed by atoms with Crippen LogP contribution >= 0.6 is 0 Å². The summed E-state index contributed by atoms with van der Waals surface area (Å²) in [6, 6.07) is 14.2. The highest BCUT2D eigenvalue weighted by atomic mass is 16.5. The minimum atomic E-state index is -0.546. The molecule has 1 amide bonds. The molecule has 24 heavy (non-hydrogen) atoms. The maximum Gasteiger partial charge on any atom is 0.316 e. The van der Waals surface area contributed by atoms with Crippen molar-refractivity contribution < 1.29 is 19.1 Å². The van der Waals surface area contributed by atoms with Crippen molar-refractivity contribution in [2.45, 2.75) is 6.42 Å². The maximum atomic E-state index is 12.2. The Morgan fingerprint density at radius 1 is 1.25 bits per heavy atom. The number of nitrogens with one attached hydrogen (secondary N) is 2. The number of ether oxygens (including phenoxy) is 2. The molecule has 0 fully saturated rings. The molecular formula is C18H18N2O4. The number of hydrogen-bond donors (Lipinski definition) is 2. The molecule has 0 radical (unpaired) electrons. The van der Waals surface area contributed by atoms with Gasteiger partial charge in [0.15, 0.2) is 5.75 Å². The Morgan fingerprint density at radius 2 is 2.00 bits per heavy atom. The molecule has 0 saturated carbocycles. The Balaban J connectivity index is 1.61. The highest BCUT2D eigenvalue weighted by Gasteiger charge is 2.27. The number of methoxy groups -OCH3 is 1. The molecule has 1 aliphatic heterocycles. The molecular weight excluding hydrogens is 308 g/mol. The minimum Gasteiger partial charge on any atom is -0.497 e. The lowest BCUT2D eigenvalue weighted by molar-refractivity contribution is -0.140. The van der Waals surface area contributed by atoms with Gasteiger partial charge < -0.3 is 20.1 Å². The van der Waals surface area contributed by atoms with E-state index < -0.39 is 11.9 Å². The number of fused-ring (bicyclic) bond motifs is 1. The number of anilines is 2. The molecule has 6 heteroatoms. The molecule has 124 valence electrons. The van der Waals surface area contributed by atoms with Crippen LogP contribution in [0.2, 0.25) is 0 Å². The zero-order chi connectivity index (χ0) is 16.9. The standard InChI is InChI=1S/C18H18N2O4/c1-23-14-8-6-13(7-9-14)20-17(21)10-12-11-19-15-4-2-3-5-16(15)24-18(12)22/h2-9,12,19H,10-11H2,1H3,(H,20,21). The molecule has 0 spiro atoms. The van der Waals surface area contributed by atoms with Crippen LogP contribution in [0.5, 0.6) is 11.5 Å². The van der Waals surface area contributed by atoms with Crippen molar-refractivity contribution in [3.63, 3.8) is 0 Å². The quantitative estimate of drug-likeness (QED) is 0.667. The van der Waals surface area contributed by atoms with Crippen molar-refractivity contribution in [1.29, 1.82) is 0 Å². The van der Waals surface area contributed by atoms with E-state index in [1.807, 2.05) is 12.1 Å². The molecule has 0 aromatic heterocycles. The number of hydrogen-bond acceptors (Lipinski definition) is 5. The van der Waals surface area contributed by atoms with E-state index in [4.69, 9.17) is 9.47 Å². The normalized spacial score (nSPS) is 16.2. The third-order valence-corrected chi connectivity index (χ3v) is 3.78. The topological polar surface area (TPSA) is 76.7 Å². The summed E-state index contributed by atoms with van der Waals surface area (Å²) in [4.78, 5) is 24.4. The number of benzene rings is 2. The van der Waals surface area contributed by atoms with Gasteiger partial charge in [-0.05, 0) is 36.4 Å². The number of rotatable bonds is 4. The van der Waals surface area contributed by atoms with E-state index >= 15 is 0 Å². The van der Waals surface area contributed by atoms with E-state index in [-0.39, 0.29) is 12.3 Å². The van der Waals surface area contributed by atoms with Crippen LogP contribution in [0.4, 0.5) is 11.4 Å². The summed E-state index contributed by atoms with van der Waals surface area (Å²) in [5.41, 5.74) is 1.41. The van der Waals surface area contributed by atoms with Crippen molar-refractivity contribution >= 4 is 23.3 Å². The lowest BCUT2D eigenvalue weighted by atomic mass is 10.1. The first-order chi connectivity index (χ1) is 11.7. The van der Waals surface area contributed by atoms with Crippen LogP contribution in [0.1, 0.15) is 6.42 Å². The SMILES string of the molecule is COc1ccc(NC(=O)CC2CNc3ccccc3OC2=O)cc1. The number of amides is 1. The molecule has 6 nitrogen and oxygen atoms in total. The molecule has 1 atom stereocenters. The summed E-state index contributed by atoms with van der Waals surface area (Å²) in [6.07, 6.45) is 0.0475. The summed E-state index contributed by atoms with van der Waals surface area (Å²) >= 11 is 0. The van der Waals surface area contributed by atoms with Gasteiger partial charge in [0, 0.05) is 18.7 Å². The van der Waals surface area contributed by atoms with Gasteiger partial charge in [-0.15, -0.1) is 0 Å². The molecule has 0 aliphatic carbocycles. The Morgan fingerprint density at radius 3 is 2.75 bits per heavy atom. The van der Waals surface area contributed by atoms with Gasteiger partial charge in [0.1, 0.15) is 5.75 Å². The number of carbonyl (C=O) groups excluding carboxylic acids is 2. The van der Waals surface area contributed by atoms with Crippen LogP contribution in [-0.4, -0.2) is 25.5 Å². The van der Waals surface area contributed by atoms with Crippen molar-refractivity contribution in [2.24, 2.45) is 5.92 Å². The Kier molecular flexibility index (Phi) is 4.65. The molecule has 2 N–H and O–H groups in total. The molecule has 0 bridgehead atoms. The number of esters is 1. The van der Waals surface area contributed by atoms with Gasteiger partial charge in [0.25, 0.3) is 0 Å². The second-order valence-electron chi connectivity index (χ2n) is 5.48. The second-order valence-corrected chi connectivity index (χ2v) is 5.48. The summed E-state index contributed by atoms with van der Waals surface area (Å²) in [5.74, 6) is 0.00530. The lowest BCUT2D eigenvalue weighted by Crippen LogP contribution is -2.29. The van der Waals surface area contributed by atoms with Crippen LogP contribution in [0, 0.1) is 5.92 Å². The highest BCUT2D eigenvalue weighted by Crippen LogP contribution is 2.28. The van der Waals surface area contributed by atoms with E-state index in [1.54, 1.807) is 43.5 Å². The average Bonchev–Trinajstić information content (AvgIpc) is 2.75. The van der Waals surface area contributed by atoms with Crippen LogP contribution in [0.15, 0.2) is 48.5 Å². The third kappa shape index (κ3) is 3.65. The first-order valence-electron chi connectivity index (χ1n) is 7.64. The van der Waals surface area contributed by atoms with Gasteiger partial charge in [-0.25, -0.2) is 0 Å². The van der Waals surface area contributed by atoms with Gasteiger partial charge >= 0.3 is 5.97 Å². The van der Waals surface area contributed by atoms with E-state index in [9.17, 15) is 9.59 Å². The Hall–Kier alpha value is -3.02. The number of carbonyl (C=O) groups is 2. The van der Waals surface area contributed by atoms with E-state index in [0.29, 0.717) is 23.7 Å². The number of para-hydroxylation sites is 2. The van der Waals surface area contributed by atoms with Gasteiger partial charge in [-0.2, -0.15) is 0 Å². The van der Waals surface area contributed by atoms with E-state index in [1.165, 1.54) is 0 Å². The summed E-state index contributed by atoms with van der Waals surface area (Å²) < 4.78 is 10.4. The molecule has 1 unspecified atom stereocenters. The average molecular weight is 326 g/mol. The van der Waals surface area contributed by atoms with Crippen molar-refractivity contribution in [1.82, 2.24) is 0 Å². The van der Waals surface area contributed by atoms with Crippen molar-refractivity contribution in [3.8, 4) is 11.5 Å². The Bertz CT molecular complexity index is 743. The summed E-state index contributed by atoms with van der Waals surface area (Å²) in [7, 11) is 1.58. The fourth-order valence-corrected chi connectivity index (χ4v) is 2.48. The van der Waals surface area contributed by atoms with Gasteiger partial charge in [-0.1, -0.05) is 12.1 Å². The molecule has 1 heterocycles. The van der Waals surface area contributed by atoms with Gasteiger partial charge in [0.05, 0.1) is 18.7 Å². The first-order valence-corrected chi connectivity index (χ1v) is 7.64. The van der Waals surface area contributed by atoms with Crippen molar-refractivity contribution in [3.05, 3.63) is 48.5 Å². The predicted octanol–water partition coefficient (Wildman–Crippen LogP) is 2.67. The van der Waals surface area contributed by atoms with Crippen LogP contribution in [0.3, 0.4) is 0 Å². The molecule has 2 aromatic carbocycles. The van der Waals surface area contributed by atoms with E-state index in [2.05, 4.69) is 10.6 Å². The summed E-state index contributed by atoms with van der Waals surface area (Å²) in [5, 5.41) is 5.92. The highest BCUT2D eigenvalue weighted by molar-refractivity contribution is 5.94. The van der Waals surface area contributed by atoms with Gasteiger partial charge in [-0.3, -0.25) is 9.59 Å². The summed E-state index contributed by atoms with van der Waals surface area (Å²) in [6.45, 7) is 0.353. The monoisotopic (exact) mass is 326 g/mol. The predicted molar refractivity (Wildman–Crippen MR) is 90.3 cm³/mol. The van der Waals surface area contributed by atoms with Crippen LogP contribution in [0.25, 0.3) is 0 Å². The Labute approximate surface area is 139 Å². The molecule has 1 aliphatic rings. The lowest BCUT2D eigenvalue weighted by Gasteiger charge is -2.12. The molecule has 2 aromatic rings. The fourth-order valence-electron chi connectivity index (χ4n) is 2.48. The maximum absolute atomic E-state index is 12.2. The third-order valence-electron chi connectivity index (χ3n) is 3.78. The smallest absolute Gasteiger partial charge is 0.316 e. The minimum absolute atomic E-state index is 0.0475.